The summed E-state index contributed by atoms with van der Waals surface area (Å²) in [7, 11) is 0. The molecule has 1 aromatic rings. The highest BCUT2D eigenvalue weighted by Crippen LogP contribution is 2.09. The van der Waals surface area contributed by atoms with Crippen LogP contribution in [0.2, 0.25) is 0 Å². The normalized spacial score (nSPS) is 11.5. The summed E-state index contributed by atoms with van der Waals surface area (Å²) in [5.74, 6) is -1.61. The van der Waals surface area contributed by atoms with Crippen molar-refractivity contribution in [1.82, 2.24) is 21.5 Å². The van der Waals surface area contributed by atoms with Gasteiger partial charge in [-0.3, -0.25) is 30.0 Å². The SMILES string of the molecule is CCNC(=O)CCC(NC(=O)CCOCCOCCOCCOCCN)C(=O)NNC(=O)CCCc1ccc(I)cc1. The largest absolute Gasteiger partial charge is 0.379 e. The second-order valence-electron chi connectivity index (χ2n) is 9.12. The highest BCUT2D eigenvalue weighted by atomic mass is 127. The molecule has 0 radical (unpaired) electrons. The van der Waals surface area contributed by atoms with Crippen LogP contribution >= 0.6 is 22.6 Å². The molecular formula is C28H46IN5O8. The number of amides is 4. The number of halogens is 1. The molecule has 14 heteroatoms. The zero-order valence-electron chi connectivity index (χ0n) is 24.4. The summed E-state index contributed by atoms with van der Waals surface area (Å²) < 4.78 is 22.5. The van der Waals surface area contributed by atoms with Gasteiger partial charge in [0, 0.05) is 35.9 Å². The Morgan fingerprint density at radius 1 is 0.762 bits per heavy atom. The van der Waals surface area contributed by atoms with Crippen molar-refractivity contribution in [3.63, 3.8) is 0 Å². The molecule has 0 fully saturated rings. The molecule has 0 aliphatic heterocycles. The average molecular weight is 708 g/mol. The topological polar surface area (TPSA) is 179 Å². The van der Waals surface area contributed by atoms with Crippen molar-refractivity contribution in [3.05, 3.63) is 33.4 Å². The molecule has 0 saturated carbocycles. The van der Waals surface area contributed by atoms with Gasteiger partial charge in [-0.15, -0.1) is 0 Å². The maximum Gasteiger partial charge on any atom is 0.260 e. The van der Waals surface area contributed by atoms with Crippen molar-refractivity contribution < 1.29 is 38.1 Å². The summed E-state index contributed by atoms with van der Waals surface area (Å²) in [5, 5.41) is 5.28. The summed E-state index contributed by atoms with van der Waals surface area (Å²) in [6.07, 6.45) is 1.69. The predicted octanol–water partition coefficient (Wildman–Crippen LogP) is 0.578. The van der Waals surface area contributed by atoms with Crippen LogP contribution in [0.25, 0.3) is 0 Å². The summed E-state index contributed by atoms with van der Waals surface area (Å²) in [6, 6.07) is 7.05. The molecule has 13 nitrogen and oxygen atoms in total. The third kappa shape index (κ3) is 20.5. The molecule has 42 heavy (non-hydrogen) atoms. The minimum absolute atomic E-state index is 0.0156. The Bertz CT molecular complexity index is 907. The smallest absolute Gasteiger partial charge is 0.260 e. The van der Waals surface area contributed by atoms with Gasteiger partial charge < -0.3 is 35.3 Å². The minimum Gasteiger partial charge on any atom is -0.379 e. The number of benzene rings is 1. The number of ether oxygens (including phenoxy) is 4. The third-order valence-corrected chi connectivity index (χ3v) is 6.36. The van der Waals surface area contributed by atoms with E-state index < -0.39 is 17.9 Å². The highest BCUT2D eigenvalue weighted by molar-refractivity contribution is 14.1. The lowest BCUT2D eigenvalue weighted by atomic mass is 10.1. The van der Waals surface area contributed by atoms with Crippen LogP contribution < -0.4 is 27.2 Å². The second kappa shape index (κ2) is 25.2. The van der Waals surface area contributed by atoms with E-state index >= 15 is 0 Å². The number of carbonyl (C=O) groups excluding carboxylic acids is 4. The first-order chi connectivity index (χ1) is 20.3. The Morgan fingerprint density at radius 2 is 1.36 bits per heavy atom. The molecule has 238 valence electrons. The minimum atomic E-state index is -1.00. The Hall–Kier alpha value is -2.37. The zero-order valence-corrected chi connectivity index (χ0v) is 26.6. The van der Waals surface area contributed by atoms with Gasteiger partial charge in [-0.05, 0) is 66.5 Å². The van der Waals surface area contributed by atoms with Crippen molar-refractivity contribution in [2.75, 3.05) is 65.9 Å². The van der Waals surface area contributed by atoms with Gasteiger partial charge in [0.2, 0.25) is 17.7 Å². The molecule has 1 rings (SSSR count). The number of rotatable bonds is 24. The van der Waals surface area contributed by atoms with E-state index in [1.54, 1.807) is 6.92 Å². The van der Waals surface area contributed by atoms with Gasteiger partial charge in [-0.1, -0.05) is 12.1 Å². The molecule has 0 aliphatic carbocycles. The number of aryl methyl sites for hydroxylation is 1. The standard InChI is InChI=1S/C28H46IN5O8/c1-2-31-25(35)11-10-24(28(38)34-33-27(37)5-3-4-22-6-8-23(29)9-7-22)32-26(36)12-14-39-16-18-41-20-21-42-19-17-40-15-13-30/h6-9,24H,2-5,10-21,30H2,1H3,(H,31,35)(H,32,36)(H,33,37)(H,34,38). The van der Waals surface area contributed by atoms with E-state index in [0.717, 1.165) is 15.6 Å². The monoisotopic (exact) mass is 707 g/mol. The lowest BCUT2D eigenvalue weighted by Gasteiger charge is -2.19. The van der Waals surface area contributed by atoms with Crippen molar-refractivity contribution in [2.24, 2.45) is 5.73 Å². The number of nitrogens with one attached hydrogen (secondary N) is 4. The van der Waals surface area contributed by atoms with Gasteiger partial charge in [0.25, 0.3) is 5.91 Å². The fraction of sp³-hybridized carbons (Fsp3) is 0.643. The van der Waals surface area contributed by atoms with Crippen LogP contribution in [0.15, 0.2) is 24.3 Å². The number of hydrogen-bond acceptors (Lipinski definition) is 9. The van der Waals surface area contributed by atoms with Crippen LogP contribution in [-0.2, 0) is 44.5 Å². The van der Waals surface area contributed by atoms with Crippen molar-refractivity contribution in [3.8, 4) is 0 Å². The van der Waals surface area contributed by atoms with E-state index in [1.165, 1.54) is 0 Å². The van der Waals surface area contributed by atoms with Gasteiger partial charge in [0.1, 0.15) is 6.04 Å². The maximum absolute atomic E-state index is 12.7. The summed E-state index contributed by atoms with van der Waals surface area (Å²) >= 11 is 2.23. The Morgan fingerprint density at radius 3 is 1.95 bits per heavy atom. The Labute approximate surface area is 261 Å². The molecule has 1 atom stereocenters. The van der Waals surface area contributed by atoms with Gasteiger partial charge in [0.05, 0.1) is 52.9 Å². The fourth-order valence-corrected chi connectivity index (χ4v) is 3.85. The molecule has 0 heterocycles. The van der Waals surface area contributed by atoms with Gasteiger partial charge in [-0.2, -0.15) is 0 Å². The molecule has 1 aromatic carbocycles. The second-order valence-corrected chi connectivity index (χ2v) is 10.4. The van der Waals surface area contributed by atoms with Crippen molar-refractivity contribution >= 4 is 46.2 Å². The fourth-order valence-electron chi connectivity index (χ4n) is 3.49. The van der Waals surface area contributed by atoms with Gasteiger partial charge >= 0.3 is 0 Å². The Kier molecular flexibility index (Phi) is 22.6. The van der Waals surface area contributed by atoms with Gasteiger partial charge in [-0.25, -0.2) is 0 Å². The van der Waals surface area contributed by atoms with Crippen molar-refractivity contribution in [2.45, 2.75) is 51.5 Å². The summed E-state index contributed by atoms with van der Waals surface area (Å²) in [6.45, 7) is 5.80. The molecule has 0 aromatic heterocycles. The van der Waals surface area contributed by atoms with E-state index in [9.17, 15) is 19.2 Å². The molecule has 0 saturated heterocycles. The van der Waals surface area contributed by atoms with E-state index in [1.807, 2.05) is 24.3 Å². The van der Waals surface area contributed by atoms with Crippen LogP contribution in [0.1, 0.15) is 44.6 Å². The first kappa shape index (κ1) is 37.7. The quantitative estimate of drug-likeness (QED) is 0.0584. The highest BCUT2D eigenvalue weighted by Gasteiger charge is 2.22. The predicted molar refractivity (Wildman–Crippen MR) is 165 cm³/mol. The molecular weight excluding hydrogens is 661 g/mol. The van der Waals surface area contributed by atoms with E-state index in [2.05, 4.69) is 44.1 Å². The first-order valence-electron chi connectivity index (χ1n) is 14.3. The molecule has 1 unspecified atom stereocenters. The van der Waals surface area contributed by atoms with E-state index in [4.69, 9.17) is 24.7 Å². The van der Waals surface area contributed by atoms with Gasteiger partial charge in [0.15, 0.2) is 0 Å². The van der Waals surface area contributed by atoms with E-state index in [-0.39, 0.29) is 44.1 Å². The van der Waals surface area contributed by atoms with Crippen LogP contribution in [0, 0.1) is 3.57 Å². The maximum atomic E-state index is 12.7. The number of carbonyl (C=O) groups is 4. The summed E-state index contributed by atoms with van der Waals surface area (Å²) in [5.41, 5.74) is 11.2. The molecule has 0 bridgehead atoms. The van der Waals surface area contributed by atoms with Crippen molar-refractivity contribution in [1.29, 1.82) is 0 Å². The van der Waals surface area contributed by atoms with Crippen LogP contribution in [0.5, 0.6) is 0 Å². The molecule has 0 aliphatic rings. The zero-order chi connectivity index (χ0) is 30.8. The molecule has 4 amide bonds. The first-order valence-corrected chi connectivity index (χ1v) is 15.3. The lowest BCUT2D eigenvalue weighted by molar-refractivity contribution is -0.133. The number of hydrazine groups is 1. The summed E-state index contributed by atoms with van der Waals surface area (Å²) in [4.78, 5) is 49.3. The molecule has 0 spiro atoms. The number of nitrogens with two attached hydrogens (primary N) is 1. The average Bonchev–Trinajstić information content (AvgIpc) is 2.97. The number of hydrogen-bond donors (Lipinski definition) is 5. The van der Waals surface area contributed by atoms with Crippen LogP contribution in [0.3, 0.4) is 0 Å². The third-order valence-electron chi connectivity index (χ3n) is 5.65. The Balaban J connectivity index is 2.30. The van der Waals surface area contributed by atoms with E-state index in [0.29, 0.717) is 65.8 Å². The van der Waals surface area contributed by atoms with Crippen LogP contribution in [-0.4, -0.2) is 95.6 Å². The molecule has 6 N–H and O–H groups in total. The lowest BCUT2D eigenvalue weighted by Crippen LogP contribution is -2.52. The van der Waals surface area contributed by atoms with Crippen LogP contribution in [0.4, 0.5) is 0 Å².